The smallest absolute Gasteiger partial charge is 0.229 e. The summed E-state index contributed by atoms with van der Waals surface area (Å²) < 4.78 is 5.13. The normalized spacial score (nSPS) is 10.3. The number of ether oxygens (including phenoxy) is 1. The summed E-state index contributed by atoms with van der Waals surface area (Å²) in [6, 6.07) is 7.32. The highest BCUT2D eigenvalue weighted by molar-refractivity contribution is 6.32. The first-order valence-corrected chi connectivity index (χ1v) is 7.78. The monoisotopic (exact) mass is 320 g/mol. The van der Waals surface area contributed by atoms with Crippen molar-refractivity contribution in [3.05, 3.63) is 35.5 Å². The van der Waals surface area contributed by atoms with Crippen LogP contribution in [0.5, 0.6) is 5.75 Å². The lowest BCUT2D eigenvalue weighted by molar-refractivity contribution is 0.415. The first-order valence-electron chi connectivity index (χ1n) is 7.40. The minimum Gasteiger partial charge on any atom is -0.495 e. The number of benzene rings is 1. The zero-order valence-corrected chi connectivity index (χ0v) is 13.7. The molecule has 0 saturated carbocycles. The molecule has 22 heavy (non-hydrogen) atoms. The van der Waals surface area contributed by atoms with E-state index in [9.17, 15) is 0 Å². The Balaban J connectivity index is 1.99. The molecule has 0 atom stereocenters. The Labute approximate surface area is 136 Å². The number of aromatic nitrogens is 2. The van der Waals surface area contributed by atoms with Gasteiger partial charge in [0.15, 0.2) is 0 Å². The summed E-state index contributed by atoms with van der Waals surface area (Å²) in [4.78, 5) is 8.65. The largest absolute Gasteiger partial charge is 0.495 e. The first kappa shape index (κ1) is 16.4. The summed E-state index contributed by atoms with van der Waals surface area (Å²) in [5.41, 5.74) is 0.814. The number of rotatable bonds is 8. The SMILES string of the molecule is CCCCCNc1ccnc(Nc2ccc(OC)c(Cl)c2)n1. The van der Waals surface area contributed by atoms with E-state index in [-0.39, 0.29) is 0 Å². The van der Waals surface area contributed by atoms with Crippen LogP contribution in [0, 0.1) is 0 Å². The molecule has 1 aromatic carbocycles. The summed E-state index contributed by atoms with van der Waals surface area (Å²) in [5, 5.41) is 6.98. The van der Waals surface area contributed by atoms with Crippen LogP contribution in [0.15, 0.2) is 30.5 Å². The Hall–Kier alpha value is -2.01. The van der Waals surface area contributed by atoms with Crippen LogP contribution in [-0.2, 0) is 0 Å². The molecular formula is C16H21ClN4O. The number of anilines is 3. The third-order valence-corrected chi connectivity index (χ3v) is 3.45. The van der Waals surface area contributed by atoms with E-state index in [1.807, 2.05) is 12.1 Å². The van der Waals surface area contributed by atoms with Crippen molar-refractivity contribution in [3.63, 3.8) is 0 Å². The van der Waals surface area contributed by atoms with Crippen LogP contribution in [0.2, 0.25) is 5.02 Å². The van der Waals surface area contributed by atoms with E-state index >= 15 is 0 Å². The van der Waals surface area contributed by atoms with Gasteiger partial charge in [-0.05, 0) is 30.7 Å². The van der Waals surface area contributed by atoms with Crippen LogP contribution in [0.4, 0.5) is 17.5 Å². The molecule has 0 amide bonds. The second-order valence-electron chi connectivity index (χ2n) is 4.87. The predicted molar refractivity (Wildman–Crippen MR) is 91.3 cm³/mol. The van der Waals surface area contributed by atoms with Crippen molar-refractivity contribution in [1.29, 1.82) is 0 Å². The van der Waals surface area contributed by atoms with Gasteiger partial charge in [-0.25, -0.2) is 4.98 Å². The second-order valence-corrected chi connectivity index (χ2v) is 5.28. The molecule has 0 bridgehead atoms. The Kier molecular flexibility index (Phi) is 6.27. The van der Waals surface area contributed by atoms with Crippen molar-refractivity contribution in [2.45, 2.75) is 26.2 Å². The van der Waals surface area contributed by atoms with Crippen LogP contribution in [0.3, 0.4) is 0 Å². The molecule has 0 aliphatic rings. The quantitative estimate of drug-likeness (QED) is 0.702. The molecule has 118 valence electrons. The lowest BCUT2D eigenvalue weighted by Gasteiger charge is -2.09. The molecule has 0 saturated heterocycles. The van der Waals surface area contributed by atoms with E-state index in [4.69, 9.17) is 16.3 Å². The molecule has 0 radical (unpaired) electrons. The third kappa shape index (κ3) is 4.77. The Morgan fingerprint density at radius 2 is 2.09 bits per heavy atom. The molecule has 1 heterocycles. The van der Waals surface area contributed by atoms with E-state index in [1.54, 1.807) is 25.4 Å². The molecule has 0 spiro atoms. The van der Waals surface area contributed by atoms with Crippen LogP contribution >= 0.6 is 11.6 Å². The zero-order chi connectivity index (χ0) is 15.8. The number of nitrogens with one attached hydrogen (secondary N) is 2. The molecule has 1 aromatic heterocycles. The van der Waals surface area contributed by atoms with E-state index < -0.39 is 0 Å². The topological polar surface area (TPSA) is 59.1 Å². The number of nitrogens with zero attached hydrogens (tertiary/aromatic N) is 2. The minimum absolute atomic E-state index is 0.529. The molecule has 0 aliphatic heterocycles. The van der Waals surface area contributed by atoms with E-state index in [0.717, 1.165) is 24.5 Å². The number of hydrogen-bond donors (Lipinski definition) is 2. The molecule has 5 nitrogen and oxygen atoms in total. The lowest BCUT2D eigenvalue weighted by atomic mass is 10.2. The fourth-order valence-corrected chi connectivity index (χ4v) is 2.24. The maximum Gasteiger partial charge on any atom is 0.229 e. The number of methoxy groups -OCH3 is 1. The highest BCUT2D eigenvalue weighted by Crippen LogP contribution is 2.28. The first-order chi connectivity index (χ1) is 10.7. The predicted octanol–water partition coefficient (Wildman–Crippen LogP) is 4.48. The summed E-state index contributed by atoms with van der Waals surface area (Å²) in [5.74, 6) is 1.98. The summed E-state index contributed by atoms with van der Waals surface area (Å²) in [6.45, 7) is 3.10. The Morgan fingerprint density at radius 3 is 2.82 bits per heavy atom. The van der Waals surface area contributed by atoms with Gasteiger partial charge in [-0.2, -0.15) is 4.98 Å². The van der Waals surface area contributed by atoms with Gasteiger partial charge in [0.2, 0.25) is 5.95 Å². The van der Waals surface area contributed by atoms with Gasteiger partial charge in [-0.15, -0.1) is 0 Å². The van der Waals surface area contributed by atoms with Gasteiger partial charge in [0, 0.05) is 18.4 Å². The van der Waals surface area contributed by atoms with Crippen molar-refractivity contribution < 1.29 is 4.74 Å². The van der Waals surface area contributed by atoms with Crippen molar-refractivity contribution in [1.82, 2.24) is 9.97 Å². The van der Waals surface area contributed by atoms with Gasteiger partial charge in [0.05, 0.1) is 12.1 Å². The van der Waals surface area contributed by atoms with Crippen LogP contribution in [0.1, 0.15) is 26.2 Å². The zero-order valence-electron chi connectivity index (χ0n) is 12.9. The fraction of sp³-hybridized carbons (Fsp3) is 0.375. The summed E-state index contributed by atoms with van der Waals surface area (Å²) >= 11 is 6.11. The van der Waals surface area contributed by atoms with Crippen molar-refractivity contribution in [3.8, 4) is 5.75 Å². The van der Waals surface area contributed by atoms with Gasteiger partial charge < -0.3 is 15.4 Å². The van der Waals surface area contributed by atoms with Gasteiger partial charge in [-0.3, -0.25) is 0 Å². The lowest BCUT2D eigenvalue weighted by Crippen LogP contribution is -2.05. The Bertz CT molecular complexity index is 606. The Morgan fingerprint density at radius 1 is 1.23 bits per heavy atom. The van der Waals surface area contributed by atoms with E-state index in [2.05, 4.69) is 27.5 Å². The van der Waals surface area contributed by atoms with Crippen LogP contribution < -0.4 is 15.4 Å². The molecule has 0 unspecified atom stereocenters. The summed E-state index contributed by atoms with van der Waals surface area (Å²) in [6.07, 6.45) is 5.28. The third-order valence-electron chi connectivity index (χ3n) is 3.15. The molecule has 6 heteroatoms. The van der Waals surface area contributed by atoms with Crippen molar-refractivity contribution in [2.24, 2.45) is 0 Å². The van der Waals surface area contributed by atoms with Crippen molar-refractivity contribution in [2.75, 3.05) is 24.3 Å². The standard InChI is InChI=1S/C16H21ClN4O/c1-3-4-5-9-18-15-8-10-19-16(21-15)20-12-6-7-14(22-2)13(17)11-12/h6-8,10-11H,3-5,9H2,1-2H3,(H2,18,19,20,21). The van der Waals surface area contributed by atoms with Gasteiger partial charge >= 0.3 is 0 Å². The summed E-state index contributed by atoms with van der Waals surface area (Å²) in [7, 11) is 1.59. The molecule has 2 rings (SSSR count). The van der Waals surface area contributed by atoms with Gasteiger partial charge in [-0.1, -0.05) is 31.4 Å². The fourth-order valence-electron chi connectivity index (χ4n) is 1.98. The van der Waals surface area contributed by atoms with Crippen LogP contribution in [0.25, 0.3) is 0 Å². The maximum absolute atomic E-state index is 6.11. The van der Waals surface area contributed by atoms with Crippen molar-refractivity contribution >= 4 is 29.1 Å². The number of unbranched alkanes of at least 4 members (excludes halogenated alkanes) is 2. The number of hydrogen-bond acceptors (Lipinski definition) is 5. The average Bonchev–Trinajstić information content (AvgIpc) is 2.52. The molecule has 0 aliphatic carbocycles. The van der Waals surface area contributed by atoms with Gasteiger partial charge in [0.25, 0.3) is 0 Å². The molecule has 0 fully saturated rings. The van der Waals surface area contributed by atoms with Crippen LogP contribution in [-0.4, -0.2) is 23.6 Å². The van der Waals surface area contributed by atoms with Gasteiger partial charge in [0.1, 0.15) is 11.6 Å². The maximum atomic E-state index is 6.11. The second kappa shape index (κ2) is 8.44. The molecular weight excluding hydrogens is 300 g/mol. The molecule has 2 N–H and O–H groups in total. The minimum atomic E-state index is 0.529. The van der Waals surface area contributed by atoms with E-state index in [0.29, 0.717) is 16.7 Å². The number of halogens is 1. The van der Waals surface area contributed by atoms with E-state index in [1.165, 1.54) is 12.8 Å². The molecule has 2 aromatic rings. The average molecular weight is 321 g/mol. The highest BCUT2D eigenvalue weighted by Gasteiger charge is 2.04. The highest BCUT2D eigenvalue weighted by atomic mass is 35.5.